The first-order valence-electron chi connectivity index (χ1n) is 5.25. The molecule has 2 rings (SSSR count). The van der Waals surface area contributed by atoms with Crippen molar-refractivity contribution in [3.8, 4) is 0 Å². The second-order valence-electron chi connectivity index (χ2n) is 3.70. The predicted octanol–water partition coefficient (Wildman–Crippen LogP) is 1.72. The fourth-order valence-corrected chi connectivity index (χ4v) is 1.54. The Kier molecular flexibility index (Phi) is 3.20. The largest absolute Gasteiger partial charge is 0.389 e. The molecule has 1 aromatic carbocycles. The fourth-order valence-electron chi connectivity index (χ4n) is 1.54. The van der Waals surface area contributed by atoms with Gasteiger partial charge in [0.05, 0.1) is 17.9 Å². The van der Waals surface area contributed by atoms with E-state index < -0.39 is 6.10 Å². The van der Waals surface area contributed by atoms with Crippen molar-refractivity contribution < 1.29 is 9.90 Å². The number of aliphatic hydroxyl groups excluding tert-OH is 1. The molecule has 2 aromatic rings. The van der Waals surface area contributed by atoms with Crippen LogP contribution in [0.2, 0.25) is 0 Å². The predicted molar refractivity (Wildman–Crippen MR) is 63.6 cm³/mol. The van der Waals surface area contributed by atoms with Gasteiger partial charge in [-0.1, -0.05) is 18.2 Å². The summed E-state index contributed by atoms with van der Waals surface area (Å²) < 4.78 is 0. The van der Waals surface area contributed by atoms with Gasteiger partial charge in [-0.3, -0.25) is 9.89 Å². The summed E-state index contributed by atoms with van der Waals surface area (Å²) in [5.74, 6) is -0.258. The molecule has 17 heavy (non-hydrogen) atoms. The average Bonchev–Trinajstić information content (AvgIpc) is 2.83. The number of benzene rings is 1. The van der Waals surface area contributed by atoms with Gasteiger partial charge in [-0.2, -0.15) is 5.10 Å². The number of hydrogen-bond acceptors (Lipinski definition) is 3. The molecule has 0 aliphatic rings. The highest BCUT2D eigenvalue weighted by atomic mass is 16.3. The van der Waals surface area contributed by atoms with Gasteiger partial charge >= 0.3 is 0 Å². The van der Waals surface area contributed by atoms with Crippen molar-refractivity contribution in [2.24, 2.45) is 0 Å². The van der Waals surface area contributed by atoms with Crippen LogP contribution in [0.4, 0.5) is 5.69 Å². The molecular formula is C12H13N3O2. The Balaban J connectivity index is 2.22. The Morgan fingerprint density at radius 1 is 1.47 bits per heavy atom. The zero-order valence-corrected chi connectivity index (χ0v) is 9.34. The second-order valence-corrected chi connectivity index (χ2v) is 3.70. The van der Waals surface area contributed by atoms with E-state index in [1.54, 1.807) is 25.1 Å². The maximum absolute atomic E-state index is 11.8. The molecule has 0 spiro atoms. The number of rotatable bonds is 3. The normalized spacial score (nSPS) is 12.1. The van der Waals surface area contributed by atoms with Gasteiger partial charge in [0.25, 0.3) is 5.91 Å². The van der Waals surface area contributed by atoms with Crippen LogP contribution >= 0.6 is 0 Å². The molecule has 0 saturated heterocycles. The zero-order valence-electron chi connectivity index (χ0n) is 9.34. The lowest BCUT2D eigenvalue weighted by Crippen LogP contribution is -2.13. The summed E-state index contributed by atoms with van der Waals surface area (Å²) in [6.07, 6.45) is 2.33. The molecule has 1 atom stereocenters. The van der Waals surface area contributed by atoms with Crippen LogP contribution in [0.25, 0.3) is 0 Å². The standard InChI is InChI=1S/C12H13N3O2/c1-8(16)10-4-2-3-5-11(10)15-12(17)9-6-13-14-7-9/h2-8,16H,1H3,(H,13,14)(H,15,17). The van der Waals surface area contributed by atoms with Crippen molar-refractivity contribution >= 4 is 11.6 Å². The zero-order chi connectivity index (χ0) is 12.3. The summed E-state index contributed by atoms with van der Waals surface area (Å²) in [7, 11) is 0. The summed E-state index contributed by atoms with van der Waals surface area (Å²) >= 11 is 0. The van der Waals surface area contributed by atoms with E-state index in [-0.39, 0.29) is 5.91 Å². The van der Waals surface area contributed by atoms with Crippen LogP contribution in [-0.2, 0) is 0 Å². The number of hydrogen-bond donors (Lipinski definition) is 3. The second kappa shape index (κ2) is 4.80. The molecule has 0 aliphatic heterocycles. The van der Waals surface area contributed by atoms with Gasteiger partial charge in [0, 0.05) is 17.4 Å². The van der Waals surface area contributed by atoms with Gasteiger partial charge in [0.1, 0.15) is 0 Å². The van der Waals surface area contributed by atoms with Gasteiger partial charge in [-0.15, -0.1) is 0 Å². The third kappa shape index (κ3) is 2.51. The number of carbonyl (C=O) groups is 1. The van der Waals surface area contributed by atoms with Gasteiger partial charge in [-0.05, 0) is 13.0 Å². The number of carbonyl (C=O) groups excluding carboxylic acids is 1. The fraction of sp³-hybridized carbons (Fsp3) is 0.167. The van der Waals surface area contributed by atoms with Crippen LogP contribution in [0.3, 0.4) is 0 Å². The van der Waals surface area contributed by atoms with Gasteiger partial charge < -0.3 is 10.4 Å². The van der Waals surface area contributed by atoms with E-state index in [2.05, 4.69) is 15.5 Å². The van der Waals surface area contributed by atoms with Gasteiger partial charge in [-0.25, -0.2) is 0 Å². The van der Waals surface area contributed by atoms with Crippen LogP contribution in [0.1, 0.15) is 28.9 Å². The monoisotopic (exact) mass is 231 g/mol. The van der Waals surface area contributed by atoms with Crippen molar-refractivity contribution in [3.63, 3.8) is 0 Å². The minimum absolute atomic E-state index is 0.258. The SMILES string of the molecule is CC(O)c1ccccc1NC(=O)c1cn[nH]c1. The molecular weight excluding hydrogens is 218 g/mol. The summed E-state index contributed by atoms with van der Waals surface area (Å²) in [6.45, 7) is 1.66. The molecule has 1 unspecified atom stereocenters. The van der Waals surface area contributed by atoms with Crippen LogP contribution < -0.4 is 5.32 Å². The molecule has 0 saturated carbocycles. The molecule has 1 heterocycles. The number of anilines is 1. The Morgan fingerprint density at radius 3 is 2.88 bits per heavy atom. The van der Waals surface area contributed by atoms with E-state index in [1.807, 2.05) is 6.07 Å². The molecule has 5 nitrogen and oxygen atoms in total. The maximum atomic E-state index is 11.8. The van der Waals surface area contributed by atoms with Crippen LogP contribution in [0, 0.1) is 0 Å². The number of H-pyrrole nitrogens is 1. The molecule has 5 heteroatoms. The van der Waals surface area contributed by atoms with Crippen LogP contribution in [-0.4, -0.2) is 21.2 Å². The minimum atomic E-state index is -0.629. The molecule has 0 fully saturated rings. The van der Waals surface area contributed by atoms with Gasteiger partial charge in [0.2, 0.25) is 0 Å². The molecule has 1 aromatic heterocycles. The number of para-hydroxylation sites is 1. The topological polar surface area (TPSA) is 78.0 Å². The minimum Gasteiger partial charge on any atom is -0.389 e. The average molecular weight is 231 g/mol. The summed E-state index contributed by atoms with van der Waals surface area (Å²) in [5.41, 5.74) is 1.74. The highest BCUT2D eigenvalue weighted by Crippen LogP contribution is 2.22. The number of amides is 1. The van der Waals surface area contributed by atoms with E-state index in [1.165, 1.54) is 12.4 Å². The lowest BCUT2D eigenvalue weighted by atomic mass is 10.1. The summed E-state index contributed by atoms with van der Waals surface area (Å²) in [5, 5.41) is 18.6. The van der Waals surface area contributed by atoms with E-state index in [0.29, 0.717) is 16.8 Å². The Morgan fingerprint density at radius 2 is 2.24 bits per heavy atom. The first-order valence-corrected chi connectivity index (χ1v) is 5.25. The van der Waals surface area contributed by atoms with Crippen LogP contribution in [0.5, 0.6) is 0 Å². The lowest BCUT2D eigenvalue weighted by Gasteiger charge is -2.12. The van der Waals surface area contributed by atoms with E-state index in [0.717, 1.165) is 0 Å². The van der Waals surface area contributed by atoms with Crippen molar-refractivity contribution in [1.82, 2.24) is 10.2 Å². The third-order valence-corrected chi connectivity index (χ3v) is 2.42. The van der Waals surface area contributed by atoms with E-state index >= 15 is 0 Å². The van der Waals surface area contributed by atoms with E-state index in [9.17, 15) is 9.90 Å². The summed E-state index contributed by atoms with van der Waals surface area (Å²) in [4.78, 5) is 11.8. The first kappa shape index (κ1) is 11.3. The Hall–Kier alpha value is -2.14. The van der Waals surface area contributed by atoms with E-state index in [4.69, 9.17) is 0 Å². The van der Waals surface area contributed by atoms with Crippen molar-refractivity contribution in [1.29, 1.82) is 0 Å². The molecule has 0 bridgehead atoms. The van der Waals surface area contributed by atoms with Gasteiger partial charge in [0.15, 0.2) is 0 Å². The summed E-state index contributed by atoms with van der Waals surface area (Å²) in [6, 6.07) is 7.14. The Labute approximate surface area is 98.5 Å². The smallest absolute Gasteiger partial charge is 0.258 e. The number of nitrogens with one attached hydrogen (secondary N) is 2. The quantitative estimate of drug-likeness (QED) is 0.752. The van der Waals surface area contributed by atoms with Crippen LogP contribution in [0.15, 0.2) is 36.7 Å². The molecule has 88 valence electrons. The molecule has 1 amide bonds. The van der Waals surface area contributed by atoms with Crippen molar-refractivity contribution in [2.75, 3.05) is 5.32 Å². The number of aliphatic hydroxyl groups is 1. The maximum Gasteiger partial charge on any atom is 0.258 e. The highest BCUT2D eigenvalue weighted by molar-refractivity contribution is 6.04. The molecule has 3 N–H and O–H groups in total. The lowest BCUT2D eigenvalue weighted by molar-refractivity contribution is 0.102. The highest BCUT2D eigenvalue weighted by Gasteiger charge is 2.11. The number of nitrogens with zero attached hydrogens (tertiary/aromatic N) is 1. The third-order valence-electron chi connectivity index (χ3n) is 2.42. The first-order chi connectivity index (χ1) is 8.18. The Bertz CT molecular complexity index is 506. The van der Waals surface area contributed by atoms with Crippen molar-refractivity contribution in [3.05, 3.63) is 47.8 Å². The van der Waals surface area contributed by atoms with Crippen molar-refractivity contribution in [2.45, 2.75) is 13.0 Å². The molecule has 0 aliphatic carbocycles. The number of aromatic nitrogens is 2. The molecule has 0 radical (unpaired) electrons. The number of aromatic amines is 1.